The molecule has 8 nitrogen and oxygen atoms in total. The van der Waals surface area contributed by atoms with Crippen molar-refractivity contribution < 1.29 is 19.4 Å². The zero-order chi connectivity index (χ0) is 24.8. The number of halogens is 1. The molecule has 9 heteroatoms. The normalized spacial score (nSPS) is 14.7. The van der Waals surface area contributed by atoms with Crippen molar-refractivity contribution in [3.05, 3.63) is 70.7 Å². The Morgan fingerprint density at radius 1 is 1.09 bits per heavy atom. The van der Waals surface area contributed by atoms with E-state index in [4.69, 9.17) is 16.3 Å². The lowest BCUT2D eigenvalue weighted by Gasteiger charge is -2.21. The minimum absolute atomic E-state index is 0.0212. The fourth-order valence-electron chi connectivity index (χ4n) is 3.93. The van der Waals surface area contributed by atoms with Crippen LogP contribution in [0.4, 0.5) is 0 Å². The number of nitrogens with zero attached hydrogens (tertiary/aromatic N) is 3. The highest BCUT2D eigenvalue weighted by Crippen LogP contribution is 2.28. The summed E-state index contributed by atoms with van der Waals surface area (Å²) in [4.78, 5) is 29.1. The number of hydrazone groups is 1. The molecule has 2 amide bonds. The number of hydrogen-bond acceptors (Lipinski definition) is 6. The Kier molecular flexibility index (Phi) is 7.84. The predicted molar refractivity (Wildman–Crippen MR) is 136 cm³/mol. The molecule has 4 rings (SSSR count). The quantitative estimate of drug-likeness (QED) is 0.404. The van der Waals surface area contributed by atoms with E-state index >= 15 is 0 Å². The van der Waals surface area contributed by atoms with Gasteiger partial charge < -0.3 is 19.6 Å². The van der Waals surface area contributed by atoms with Crippen LogP contribution in [0.3, 0.4) is 0 Å². The molecule has 0 radical (unpaired) electrons. The summed E-state index contributed by atoms with van der Waals surface area (Å²) in [5.41, 5.74) is 3.52. The number of phenols is 1. The predicted octanol–water partition coefficient (Wildman–Crippen LogP) is 3.51. The number of likely N-dealkylation sites (N-methyl/N-ethyl adjacent to an activating group) is 1. The molecule has 2 N–H and O–H groups in total. The molecule has 0 spiro atoms. The first-order chi connectivity index (χ1) is 16.9. The molecular weight excluding hydrogens is 468 g/mol. The van der Waals surface area contributed by atoms with Crippen LogP contribution in [-0.2, 0) is 4.79 Å². The van der Waals surface area contributed by atoms with E-state index in [0.717, 1.165) is 42.4 Å². The maximum absolute atomic E-state index is 12.7. The van der Waals surface area contributed by atoms with Crippen LogP contribution in [-0.4, -0.2) is 72.8 Å². The topological polar surface area (TPSA) is 94.5 Å². The largest absolute Gasteiger partial charge is 0.506 e. The van der Waals surface area contributed by atoms with E-state index in [2.05, 4.69) is 22.5 Å². The van der Waals surface area contributed by atoms with Crippen molar-refractivity contribution >= 4 is 40.4 Å². The van der Waals surface area contributed by atoms with Gasteiger partial charge in [0, 0.05) is 36.1 Å². The van der Waals surface area contributed by atoms with Gasteiger partial charge in [-0.3, -0.25) is 9.59 Å². The summed E-state index contributed by atoms with van der Waals surface area (Å²) in [6.45, 7) is 3.27. The van der Waals surface area contributed by atoms with Crippen molar-refractivity contribution in [3.63, 3.8) is 0 Å². The first-order valence-corrected chi connectivity index (χ1v) is 11.7. The minimum atomic E-state index is -0.453. The van der Waals surface area contributed by atoms with Crippen LogP contribution in [0.1, 0.15) is 22.3 Å². The van der Waals surface area contributed by atoms with E-state index in [9.17, 15) is 14.7 Å². The molecular formula is C26H27ClN4O4. The van der Waals surface area contributed by atoms with Crippen LogP contribution >= 0.6 is 11.6 Å². The number of rotatable bonds is 6. The lowest BCUT2D eigenvalue weighted by atomic mass is 10.0. The molecule has 0 unspecified atom stereocenters. The molecule has 0 aromatic heterocycles. The van der Waals surface area contributed by atoms with Gasteiger partial charge in [-0.25, -0.2) is 5.43 Å². The summed E-state index contributed by atoms with van der Waals surface area (Å²) in [6, 6.07) is 15.5. The van der Waals surface area contributed by atoms with Crippen LogP contribution in [0.2, 0.25) is 5.02 Å². The molecule has 3 aromatic carbocycles. The van der Waals surface area contributed by atoms with Crippen molar-refractivity contribution in [2.45, 2.75) is 6.42 Å². The Bertz CT molecular complexity index is 1260. The van der Waals surface area contributed by atoms with Crippen LogP contribution in [0.15, 0.2) is 59.7 Å². The van der Waals surface area contributed by atoms with Crippen LogP contribution in [0.5, 0.6) is 11.5 Å². The molecule has 0 aliphatic carbocycles. The Hall–Kier alpha value is -3.62. The van der Waals surface area contributed by atoms with Gasteiger partial charge >= 0.3 is 0 Å². The van der Waals surface area contributed by atoms with E-state index in [1.54, 1.807) is 12.3 Å². The van der Waals surface area contributed by atoms with Gasteiger partial charge in [0.05, 0.1) is 11.2 Å². The van der Waals surface area contributed by atoms with Gasteiger partial charge in [-0.15, -0.1) is 0 Å². The van der Waals surface area contributed by atoms with Crippen LogP contribution < -0.4 is 10.2 Å². The van der Waals surface area contributed by atoms with Crippen molar-refractivity contribution in [2.75, 3.05) is 39.8 Å². The summed E-state index contributed by atoms with van der Waals surface area (Å²) in [7, 11) is 2.07. The number of carbonyl (C=O) groups is 2. The third kappa shape index (κ3) is 6.09. The van der Waals surface area contributed by atoms with E-state index in [-0.39, 0.29) is 28.8 Å². The summed E-state index contributed by atoms with van der Waals surface area (Å²) >= 11 is 5.86. The van der Waals surface area contributed by atoms with E-state index in [1.165, 1.54) is 18.2 Å². The number of phenolic OH excluding ortho intramolecular Hbond substituents is 1. The van der Waals surface area contributed by atoms with E-state index < -0.39 is 5.91 Å². The van der Waals surface area contributed by atoms with Gasteiger partial charge in [0.2, 0.25) is 0 Å². The Balaban J connectivity index is 1.44. The standard InChI is InChI=1S/C26H27ClN4O4/c1-30-11-4-12-31(14-13-30)25(33)17-35-24-10-8-19(20-5-2-3-6-21(20)24)16-28-29-26(34)18-7-9-23(32)22(27)15-18/h2-3,5-10,15-16,32H,4,11-14,17H2,1H3,(H,29,34)/b28-16+. The zero-order valence-electron chi connectivity index (χ0n) is 19.4. The molecule has 3 aromatic rings. The number of aromatic hydroxyl groups is 1. The summed E-state index contributed by atoms with van der Waals surface area (Å²) in [5, 5.41) is 15.4. The van der Waals surface area contributed by atoms with Gasteiger partial charge in [-0.05, 0) is 55.7 Å². The number of fused-ring (bicyclic) bond motifs is 1. The third-order valence-corrected chi connectivity index (χ3v) is 6.22. The second-order valence-corrected chi connectivity index (χ2v) is 8.80. The Morgan fingerprint density at radius 2 is 1.89 bits per heavy atom. The number of amides is 2. The smallest absolute Gasteiger partial charge is 0.271 e. The average Bonchev–Trinajstić information content (AvgIpc) is 3.09. The summed E-state index contributed by atoms with van der Waals surface area (Å²) < 4.78 is 5.93. The van der Waals surface area contributed by atoms with E-state index in [0.29, 0.717) is 12.3 Å². The number of nitrogens with one attached hydrogen (secondary N) is 1. The van der Waals surface area contributed by atoms with Crippen LogP contribution in [0, 0.1) is 0 Å². The van der Waals surface area contributed by atoms with Gasteiger partial charge in [0.1, 0.15) is 11.5 Å². The zero-order valence-corrected chi connectivity index (χ0v) is 20.2. The Morgan fingerprint density at radius 3 is 2.69 bits per heavy atom. The minimum Gasteiger partial charge on any atom is -0.506 e. The molecule has 35 heavy (non-hydrogen) atoms. The second-order valence-electron chi connectivity index (χ2n) is 8.39. The fourth-order valence-corrected chi connectivity index (χ4v) is 4.11. The van der Waals surface area contributed by atoms with Crippen LogP contribution in [0.25, 0.3) is 10.8 Å². The molecule has 182 valence electrons. The fraction of sp³-hybridized carbons (Fsp3) is 0.269. The molecule has 1 saturated heterocycles. The third-order valence-electron chi connectivity index (χ3n) is 5.92. The molecule has 1 fully saturated rings. The molecule has 0 atom stereocenters. The SMILES string of the molecule is CN1CCCN(C(=O)COc2ccc(/C=N/NC(=O)c3ccc(O)c(Cl)c3)c3ccccc23)CC1. The van der Waals surface area contributed by atoms with Gasteiger partial charge in [-0.2, -0.15) is 5.10 Å². The van der Waals surface area contributed by atoms with E-state index in [1.807, 2.05) is 35.2 Å². The second kappa shape index (κ2) is 11.2. The van der Waals surface area contributed by atoms with Gasteiger partial charge in [-0.1, -0.05) is 35.9 Å². The lowest BCUT2D eigenvalue weighted by Crippen LogP contribution is -2.37. The maximum Gasteiger partial charge on any atom is 0.271 e. The maximum atomic E-state index is 12.7. The highest BCUT2D eigenvalue weighted by Gasteiger charge is 2.18. The molecule has 0 saturated carbocycles. The summed E-state index contributed by atoms with van der Waals surface area (Å²) in [5.74, 6) is 0.0414. The van der Waals surface area contributed by atoms with Gasteiger partial charge in [0.25, 0.3) is 11.8 Å². The molecule has 0 bridgehead atoms. The number of ether oxygens (including phenoxy) is 1. The molecule has 1 heterocycles. The highest BCUT2D eigenvalue weighted by molar-refractivity contribution is 6.32. The molecule has 1 aliphatic heterocycles. The van der Waals surface area contributed by atoms with Gasteiger partial charge in [0.15, 0.2) is 6.61 Å². The first-order valence-electron chi connectivity index (χ1n) is 11.3. The van der Waals surface area contributed by atoms with Crippen molar-refractivity contribution in [2.24, 2.45) is 5.10 Å². The monoisotopic (exact) mass is 494 g/mol. The number of hydrogen-bond donors (Lipinski definition) is 2. The summed E-state index contributed by atoms with van der Waals surface area (Å²) in [6.07, 6.45) is 2.50. The average molecular weight is 495 g/mol. The number of benzene rings is 3. The highest BCUT2D eigenvalue weighted by atomic mass is 35.5. The number of carbonyl (C=O) groups excluding carboxylic acids is 2. The van der Waals surface area contributed by atoms with Crippen molar-refractivity contribution in [3.8, 4) is 11.5 Å². The van der Waals surface area contributed by atoms with Crippen molar-refractivity contribution in [1.82, 2.24) is 15.2 Å². The van der Waals surface area contributed by atoms with Crippen molar-refractivity contribution in [1.29, 1.82) is 0 Å². The lowest BCUT2D eigenvalue weighted by molar-refractivity contribution is -0.133. The molecule has 1 aliphatic rings. The first kappa shape index (κ1) is 24.5. The Labute approximate surface area is 208 Å².